The molecule has 2 aromatic carbocycles. The molecule has 1 N–H and O–H groups in total. The average Bonchev–Trinajstić information content (AvgIpc) is 2.82. The Morgan fingerprint density at radius 1 is 1.16 bits per heavy atom. The van der Waals surface area contributed by atoms with Gasteiger partial charge >= 0.3 is 0 Å². The Hall–Kier alpha value is -2.09. The summed E-state index contributed by atoms with van der Waals surface area (Å²) in [4.78, 5) is 12.2. The summed E-state index contributed by atoms with van der Waals surface area (Å²) >= 11 is 0. The van der Waals surface area contributed by atoms with Crippen molar-refractivity contribution >= 4 is 5.91 Å². The smallest absolute Gasteiger partial charge is 0.251 e. The van der Waals surface area contributed by atoms with Crippen LogP contribution in [0.15, 0.2) is 48.5 Å². The fourth-order valence-corrected chi connectivity index (χ4v) is 2.73. The first-order chi connectivity index (χ1) is 9.24. The van der Waals surface area contributed by atoms with Crippen molar-refractivity contribution in [1.29, 1.82) is 0 Å². The molecule has 2 heteroatoms. The van der Waals surface area contributed by atoms with Crippen LogP contribution in [-0.4, -0.2) is 5.91 Å². The third-order valence-electron chi connectivity index (χ3n) is 3.72. The quantitative estimate of drug-likeness (QED) is 0.870. The van der Waals surface area contributed by atoms with E-state index in [2.05, 4.69) is 30.4 Å². The fourth-order valence-electron chi connectivity index (χ4n) is 2.73. The Morgan fingerprint density at radius 3 is 2.74 bits per heavy atom. The lowest BCUT2D eigenvalue weighted by Crippen LogP contribution is -2.27. The molecule has 0 bridgehead atoms. The molecule has 1 atom stereocenters. The number of rotatable bonds is 2. The van der Waals surface area contributed by atoms with Gasteiger partial charge < -0.3 is 5.32 Å². The molecule has 1 aliphatic carbocycles. The molecule has 19 heavy (non-hydrogen) atoms. The predicted molar refractivity (Wildman–Crippen MR) is 76.1 cm³/mol. The van der Waals surface area contributed by atoms with Crippen molar-refractivity contribution in [2.45, 2.75) is 25.8 Å². The van der Waals surface area contributed by atoms with Gasteiger partial charge in [-0.1, -0.05) is 42.0 Å². The van der Waals surface area contributed by atoms with Crippen LogP contribution in [0.2, 0.25) is 0 Å². The second-order valence-electron chi connectivity index (χ2n) is 5.13. The molecule has 1 aliphatic rings. The summed E-state index contributed by atoms with van der Waals surface area (Å²) < 4.78 is 0. The first kappa shape index (κ1) is 12.0. The second kappa shape index (κ2) is 4.88. The highest BCUT2D eigenvalue weighted by Crippen LogP contribution is 2.31. The number of nitrogens with one attached hydrogen (secondary N) is 1. The van der Waals surface area contributed by atoms with E-state index in [4.69, 9.17) is 0 Å². The molecule has 0 unspecified atom stereocenters. The van der Waals surface area contributed by atoms with Gasteiger partial charge in [0, 0.05) is 5.56 Å². The SMILES string of the molecule is Cc1ccc2c(c1)CC[C@H]2NC(=O)c1ccccc1. The number of fused-ring (bicyclic) bond motifs is 1. The molecule has 0 saturated carbocycles. The van der Waals surface area contributed by atoms with Crippen molar-refractivity contribution in [3.63, 3.8) is 0 Å². The van der Waals surface area contributed by atoms with Crippen LogP contribution in [0.3, 0.4) is 0 Å². The maximum absolute atomic E-state index is 12.2. The number of hydrogen-bond acceptors (Lipinski definition) is 1. The lowest BCUT2D eigenvalue weighted by Gasteiger charge is -2.14. The first-order valence-electron chi connectivity index (χ1n) is 6.69. The number of benzene rings is 2. The molecule has 0 aromatic heterocycles. The summed E-state index contributed by atoms with van der Waals surface area (Å²) in [6, 6.07) is 16.0. The van der Waals surface area contributed by atoms with Crippen molar-refractivity contribution < 1.29 is 4.79 Å². The number of carbonyl (C=O) groups excluding carboxylic acids is 1. The van der Waals surface area contributed by atoms with Crippen LogP contribution in [0, 0.1) is 6.92 Å². The molecule has 0 fully saturated rings. The van der Waals surface area contributed by atoms with Gasteiger partial charge in [0.1, 0.15) is 0 Å². The van der Waals surface area contributed by atoms with Crippen molar-refractivity contribution in [3.05, 3.63) is 70.8 Å². The van der Waals surface area contributed by atoms with Crippen LogP contribution in [-0.2, 0) is 6.42 Å². The summed E-state index contributed by atoms with van der Waals surface area (Å²) in [5.74, 6) is 0.0130. The molecule has 2 nitrogen and oxygen atoms in total. The molecular weight excluding hydrogens is 234 g/mol. The molecule has 0 saturated heterocycles. The van der Waals surface area contributed by atoms with Crippen molar-refractivity contribution in [1.82, 2.24) is 5.32 Å². The molecule has 0 heterocycles. The Bertz CT molecular complexity index is 604. The molecular formula is C17H17NO. The summed E-state index contributed by atoms with van der Waals surface area (Å²) in [7, 11) is 0. The normalized spacial score (nSPS) is 17.0. The van der Waals surface area contributed by atoms with Gasteiger partial charge in [-0.2, -0.15) is 0 Å². The third-order valence-corrected chi connectivity index (χ3v) is 3.72. The number of aryl methyl sites for hydroxylation is 2. The van der Waals surface area contributed by atoms with Crippen molar-refractivity contribution in [2.24, 2.45) is 0 Å². The number of amides is 1. The summed E-state index contributed by atoms with van der Waals surface area (Å²) in [5, 5.41) is 3.13. The van der Waals surface area contributed by atoms with Gasteiger partial charge in [0.05, 0.1) is 6.04 Å². The van der Waals surface area contributed by atoms with Gasteiger partial charge in [0.2, 0.25) is 0 Å². The maximum Gasteiger partial charge on any atom is 0.251 e. The zero-order chi connectivity index (χ0) is 13.2. The van der Waals surface area contributed by atoms with Gasteiger partial charge in [0.15, 0.2) is 0 Å². The minimum absolute atomic E-state index is 0.0130. The molecule has 2 aromatic rings. The van der Waals surface area contributed by atoms with Gasteiger partial charge in [-0.05, 0) is 43.0 Å². The molecule has 1 amide bonds. The van der Waals surface area contributed by atoms with Crippen LogP contribution in [0.25, 0.3) is 0 Å². The minimum atomic E-state index is 0.0130. The zero-order valence-electron chi connectivity index (χ0n) is 11.0. The first-order valence-corrected chi connectivity index (χ1v) is 6.69. The van der Waals surface area contributed by atoms with Crippen molar-refractivity contribution in [2.75, 3.05) is 0 Å². The van der Waals surface area contributed by atoms with Gasteiger partial charge in [0.25, 0.3) is 5.91 Å². The van der Waals surface area contributed by atoms with E-state index < -0.39 is 0 Å². The average molecular weight is 251 g/mol. The maximum atomic E-state index is 12.2. The van der Waals surface area contributed by atoms with E-state index in [9.17, 15) is 4.79 Å². The molecule has 0 spiro atoms. The van der Waals surface area contributed by atoms with Crippen LogP contribution in [0.5, 0.6) is 0 Å². The fraction of sp³-hybridized carbons (Fsp3) is 0.235. The second-order valence-corrected chi connectivity index (χ2v) is 5.13. The van der Waals surface area contributed by atoms with E-state index >= 15 is 0 Å². The summed E-state index contributed by atoms with van der Waals surface area (Å²) in [5.41, 5.74) is 4.66. The standard InChI is InChI=1S/C17H17NO/c1-12-7-9-15-14(11-12)8-10-16(15)18-17(19)13-5-3-2-4-6-13/h2-7,9,11,16H,8,10H2,1H3,(H,18,19)/t16-/m1/s1. The van der Waals surface area contributed by atoms with Crippen LogP contribution in [0.4, 0.5) is 0 Å². The van der Waals surface area contributed by atoms with E-state index in [0.717, 1.165) is 18.4 Å². The van der Waals surface area contributed by atoms with Crippen LogP contribution >= 0.6 is 0 Å². The van der Waals surface area contributed by atoms with Gasteiger partial charge in [-0.3, -0.25) is 4.79 Å². The topological polar surface area (TPSA) is 29.1 Å². The number of carbonyl (C=O) groups is 1. The minimum Gasteiger partial charge on any atom is -0.345 e. The lowest BCUT2D eigenvalue weighted by atomic mass is 10.1. The monoisotopic (exact) mass is 251 g/mol. The third kappa shape index (κ3) is 2.39. The van der Waals surface area contributed by atoms with E-state index in [-0.39, 0.29) is 11.9 Å². The van der Waals surface area contributed by atoms with Crippen LogP contribution in [0.1, 0.15) is 39.5 Å². The van der Waals surface area contributed by atoms with E-state index in [1.165, 1.54) is 16.7 Å². The summed E-state index contributed by atoms with van der Waals surface area (Å²) in [6.45, 7) is 2.11. The highest BCUT2D eigenvalue weighted by molar-refractivity contribution is 5.94. The largest absolute Gasteiger partial charge is 0.345 e. The predicted octanol–water partition coefficient (Wildman–Crippen LogP) is 3.41. The Morgan fingerprint density at radius 2 is 1.95 bits per heavy atom. The Balaban J connectivity index is 1.78. The molecule has 96 valence electrons. The molecule has 3 rings (SSSR count). The Labute approximate surface area is 113 Å². The zero-order valence-corrected chi connectivity index (χ0v) is 11.0. The van der Waals surface area contributed by atoms with E-state index in [1.54, 1.807) is 0 Å². The highest BCUT2D eigenvalue weighted by Gasteiger charge is 2.24. The van der Waals surface area contributed by atoms with E-state index in [0.29, 0.717) is 0 Å². The van der Waals surface area contributed by atoms with Crippen molar-refractivity contribution in [3.8, 4) is 0 Å². The van der Waals surface area contributed by atoms with Gasteiger partial charge in [-0.25, -0.2) is 0 Å². The van der Waals surface area contributed by atoms with Gasteiger partial charge in [-0.15, -0.1) is 0 Å². The van der Waals surface area contributed by atoms with E-state index in [1.807, 2.05) is 30.3 Å². The lowest BCUT2D eigenvalue weighted by molar-refractivity contribution is 0.0936. The number of hydrogen-bond donors (Lipinski definition) is 1. The Kier molecular flexibility index (Phi) is 3.08. The highest BCUT2D eigenvalue weighted by atomic mass is 16.1. The molecule has 0 aliphatic heterocycles. The van der Waals surface area contributed by atoms with Crippen LogP contribution < -0.4 is 5.32 Å². The summed E-state index contributed by atoms with van der Waals surface area (Å²) in [6.07, 6.45) is 2.05. The molecule has 0 radical (unpaired) electrons.